The number of carbonyl (C=O) groups is 1. The van der Waals surface area contributed by atoms with E-state index in [-0.39, 0.29) is 33.7 Å². The summed E-state index contributed by atoms with van der Waals surface area (Å²) in [6.45, 7) is -0.191. The minimum atomic E-state index is -2.94. The van der Waals surface area contributed by atoms with Crippen LogP contribution in [0.25, 0.3) is 11.5 Å². The third kappa shape index (κ3) is 4.45. The quantitative estimate of drug-likeness (QED) is 0.349. The summed E-state index contributed by atoms with van der Waals surface area (Å²) in [7, 11) is 3.44. The lowest BCUT2D eigenvalue weighted by molar-refractivity contribution is -0.107. The molecule has 1 heterocycles. The van der Waals surface area contributed by atoms with E-state index in [1.165, 1.54) is 24.3 Å². The van der Waals surface area contributed by atoms with Crippen LogP contribution in [-0.2, 0) is 11.3 Å². The van der Waals surface area contributed by atoms with Gasteiger partial charge < -0.3 is 14.2 Å². The van der Waals surface area contributed by atoms with E-state index in [9.17, 15) is 22.4 Å². The Morgan fingerprint density at radius 1 is 1.10 bits per heavy atom. The summed E-state index contributed by atoms with van der Waals surface area (Å²) in [5, 5.41) is 6.67. The normalized spacial score (nSPS) is 11.1. The molecule has 0 aliphatic rings. The Bertz CT molecular complexity index is 1070. The highest BCUT2D eigenvalue weighted by Gasteiger charge is 2.20. The molecule has 2 aromatic carbocycles. The molecule has 0 unspecified atom stereocenters. The Labute approximate surface area is 177 Å². The SMILES string of the molecule is CN(C)c1cc(Br)c(F)cc1N(C=O)Cc1ccc(-c2nnc(C(F)F)o2)cc1F. The molecule has 0 saturated carbocycles. The van der Waals surface area contributed by atoms with Crippen LogP contribution in [0.15, 0.2) is 39.2 Å². The fraction of sp³-hybridized carbons (Fsp3) is 0.211. The van der Waals surface area contributed by atoms with Gasteiger partial charge in [-0.3, -0.25) is 4.79 Å². The molecule has 3 rings (SSSR count). The number of aromatic nitrogens is 2. The molecule has 3 aromatic rings. The maximum Gasteiger partial charge on any atom is 0.314 e. The van der Waals surface area contributed by atoms with E-state index in [1.54, 1.807) is 19.0 Å². The van der Waals surface area contributed by atoms with Crippen molar-refractivity contribution in [3.8, 4) is 11.5 Å². The van der Waals surface area contributed by atoms with Crippen molar-refractivity contribution in [2.24, 2.45) is 0 Å². The van der Waals surface area contributed by atoms with Crippen molar-refractivity contribution in [3.63, 3.8) is 0 Å². The molecule has 0 spiro atoms. The molecule has 0 aliphatic heterocycles. The summed E-state index contributed by atoms with van der Waals surface area (Å²) in [5.41, 5.74) is 1.01. The standard InChI is InChI=1S/C19H15BrF4N4O2/c1-27(2)15-6-12(20)14(22)7-16(15)28(9-29)8-11-4-3-10(5-13(11)21)18-25-26-19(30-18)17(23)24/h3-7,9,17H,8H2,1-2H3. The van der Waals surface area contributed by atoms with Crippen molar-refractivity contribution in [3.05, 3.63) is 57.9 Å². The molecular weight excluding hydrogens is 472 g/mol. The van der Waals surface area contributed by atoms with Crippen molar-refractivity contribution in [2.45, 2.75) is 13.0 Å². The van der Waals surface area contributed by atoms with Gasteiger partial charge in [0, 0.05) is 31.3 Å². The van der Waals surface area contributed by atoms with Crippen LogP contribution in [0.5, 0.6) is 0 Å². The molecule has 158 valence electrons. The highest BCUT2D eigenvalue weighted by atomic mass is 79.9. The summed E-state index contributed by atoms with van der Waals surface area (Å²) in [4.78, 5) is 14.5. The van der Waals surface area contributed by atoms with Gasteiger partial charge in [-0.15, -0.1) is 10.2 Å². The van der Waals surface area contributed by atoms with Gasteiger partial charge in [0.15, 0.2) is 0 Å². The molecule has 0 N–H and O–H groups in total. The molecule has 0 saturated heterocycles. The van der Waals surface area contributed by atoms with E-state index in [0.717, 1.165) is 11.0 Å². The third-order valence-electron chi connectivity index (χ3n) is 4.20. The highest BCUT2D eigenvalue weighted by Crippen LogP contribution is 2.34. The smallest absolute Gasteiger partial charge is 0.314 e. The number of nitrogens with zero attached hydrogens (tertiary/aromatic N) is 4. The number of hydrogen-bond acceptors (Lipinski definition) is 5. The van der Waals surface area contributed by atoms with Crippen LogP contribution < -0.4 is 9.80 Å². The van der Waals surface area contributed by atoms with Crippen LogP contribution >= 0.6 is 15.9 Å². The van der Waals surface area contributed by atoms with E-state index in [0.29, 0.717) is 12.1 Å². The first-order chi connectivity index (χ1) is 14.2. The second-order valence-electron chi connectivity index (χ2n) is 6.44. The second kappa shape index (κ2) is 8.82. The Kier molecular flexibility index (Phi) is 6.40. The first-order valence-electron chi connectivity index (χ1n) is 8.50. The highest BCUT2D eigenvalue weighted by molar-refractivity contribution is 9.10. The van der Waals surface area contributed by atoms with Gasteiger partial charge in [0.25, 0.3) is 5.89 Å². The van der Waals surface area contributed by atoms with Gasteiger partial charge in [-0.25, -0.2) is 8.78 Å². The van der Waals surface area contributed by atoms with Gasteiger partial charge in [0.1, 0.15) is 11.6 Å². The van der Waals surface area contributed by atoms with Crippen LogP contribution in [0, 0.1) is 11.6 Å². The lowest BCUT2D eigenvalue weighted by Gasteiger charge is -2.25. The van der Waals surface area contributed by atoms with Crippen molar-refractivity contribution in [2.75, 3.05) is 23.9 Å². The average Bonchev–Trinajstić information content (AvgIpc) is 3.19. The zero-order chi connectivity index (χ0) is 22.0. The first-order valence-corrected chi connectivity index (χ1v) is 9.29. The molecule has 0 fully saturated rings. The molecule has 1 aromatic heterocycles. The number of carbonyl (C=O) groups excluding carboxylic acids is 1. The Morgan fingerprint density at radius 2 is 1.83 bits per heavy atom. The van der Waals surface area contributed by atoms with Gasteiger partial charge in [-0.05, 0) is 34.1 Å². The largest absolute Gasteiger partial charge is 0.415 e. The summed E-state index contributed by atoms with van der Waals surface area (Å²) >= 11 is 3.10. The predicted molar refractivity (Wildman–Crippen MR) is 105 cm³/mol. The van der Waals surface area contributed by atoms with Crippen molar-refractivity contribution < 1.29 is 26.8 Å². The topological polar surface area (TPSA) is 62.5 Å². The lowest BCUT2D eigenvalue weighted by atomic mass is 10.1. The molecule has 0 atom stereocenters. The minimum Gasteiger partial charge on any atom is -0.415 e. The zero-order valence-corrected chi connectivity index (χ0v) is 17.3. The molecular formula is C19H15BrF4N4O2. The molecule has 30 heavy (non-hydrogen) atoms. The van der Waals surface area contributed by atoms with Crippen LogP contribution in [0.2, 0.25) is 0 Å². The van der Waals surface area contributed by atoms with Crippen LogP contribution in [0.1, 0.15) is 17.9 Å². The van der Waals surface area contributed by atoms with Gasteiger partial charge in [0.2, 0.25) is 12.3 Å². The van der Waals surface area contributed by atoms with Gasteiger partial charge in [0.05, 0.1) is 22.4 Å². The Balaban J connectivity index is 1.91. The zero-order valence-electron chi connectivity index (χ0n) is 15.7. The number of rotatable bonds is 7. The number of benzene rings is 2. The van der Waals surface area contributed by atoms with Crippen molar-refractivity contribution in [1.29, 1.82) is 0 Å². The van der Waals surface area contributed by atoms with E-state index in [2.05, 4.69) is 26.1 Å². The maximum absolute atomic E-state index is 14.6. The summed E-state index contributed by atoms with van der Waals surface area (Å²) in [5.74, 6) is -2.42. The number of amides is 1. The summed E-state index contributed by atoms with van der Waals surface area (Å²) in [6, 6.07) is 6.48. The molecule has 6 nitrogen and oxygen atoms in total. The summed E-state index contributed by atoms with van der Waals surface area (Å²) < 4.78 is 58.9. The number of hydrogen-bond donors (Lipinski definition) is 0. The van der Waals surface area contributed by atoms with E-state index in [4.69, 9.17) is 4.42 Å². The Hall–Kier alpha value is -2.95. The van der Waals surface area contributed by atoms with E-state index < -0.39 is 24.0 Å². The number of halogens is 5. The van der Waals surface area contributed by atoms with E-state index in [1.807, 2.05) is 0 Å². The molecule has 0 bridgehead atoms. The second-order valence-corrected chi connectivity index (χ2v) is 7.29. The Morgan fingerprint density at radius 3 is 2.40 bits per heavy atom. The number of anilines is 2. The maximum atomic E-state index is 14.6. The van der Waals surface area contributed by atoms with Gasteiger partial charge >= 0.3 is 6.43 Å². The fourth-order valence-electron chi connectivity index (χ4n) is 2.72. The average molecular weight is 487 g/mol. The molecule has 0 radical (unpaired) electrons. The monoisotopic (exact) mass is 486 g/mol. The molecule has 11 heteroatoms. The summed E-state index contributed by atoms with van der Waals surface area (Å²) in [6.07, 6.45) is -2.47. The fourth-order valence-corrected chi connectivity index (χ4v) is 3.06. The third-order valence-corrected chi connectivity index (χ3v) is 4.81. The molecule has 0 aliphatic carbocycles. The molecule has 1 amide bonds. The van der Waals surface area contributed by atoms with Crippen LogP contribution in [-0.4, -0.2) is 30.7 Å². The first kappa shape index (κ1) is 21.8. The van der Waals surface area contributed by atoms with Gasteiger partial charge in [-0.1, -0.05) is 6.07 Å². The van der Waals surface area contributed by atoms with Gasteiger partial charge in [-0.2, -0.15) is 8.78 Å². The lowest BCUT2D eigenvalue weighted by Crippen LogP contribution is -2.24. The number of alkyl halides is 2. The predicted octanol–water partition coefficient (Wildman–Crippen LogP) is 4.94. The van der Waals surface area contributed by atoms with Crippen LogP contribution in [0.4, 0.5) is 28.9 Å². The van der Waals surface area contributed by atoms with Crippen molar-refractivity contribution >= 4 is 33.7 Å². The van der Waals surface area contributed by atoms with Crippen molar-refractivity contribution in [1.82, 2.24) is 10.2 Å². The minimum absolute atomic E-state index is 0.108. The van der Waals surface area contributed by atoms with Crippen LogP contribution in [0.3, 0.4) is 0 Å². The van der Waals surface area contributed by atoms with E-state index >= 15 is 0 Å².